The first-order chi connectivity index (χ1) is 10.1. The fraction of sp³-hybridized carbons (Fsp3) is 0.750. The van der Waals surface area contributed by atoms with Crippen LogP contribution in [0.2, 0.25) is 0 Å². The van der Waals surface area contributed by atoms with E-state index in [4.69, 9.17) is 10.2 Å². The van der Waals surface area contributed by atoms with E-state index < -0.39 is 33.2 Å². The minimum absolute atomic E-state index is 0.0751. The van der Waals surface area contributed by atoms with E-state index in [1.54, 1.807) is 0 Å². The van der Waals surface area contributed by atoms with Gasteiger partial charge in [-0.3, -0.25) is 9.59 Å². The number of nitrogens with zero attached hydrogens (tertiary/aromatic N) is 1. The maximum absolute atomic E-state index is 11.7. The van der Waals surface area contributed by atoms with Crippen molar-refractivity contribution in [1.82, 2.24) is 10.2 Å². The molecule has 0 radical (unpaired) electrons. The third kappa shape index (κ3) is 5.60. The molecule has 1 aliphatic heterocycles. The Labute approximate surface area is 128 Å². The van der Waals surface area contributed by atoms with Crippen molar-refractivity contribution in [3.63, 3.8) is 0 Å². The first-order valence-electron chi connectivity index (χ1n) is 6.90. The fourth-order valence-electron chi connectivity index (χ4n) is 2.33. The van der Waals surface area contributed by atoms with Gasteiger partial charge in [-0.05, 0) is 19.3 Å². The maximum Gasteiger partial charge on any atom is 0.326 e. The average Bonchev–Trinajstić information content (AvgIpc) is 2.74. The minimum atomic E-state index is -3.72. The van der Waals surface area contributed by atoms with Gasteiger partial charge in [0.1, 0.15) is 11.3 Å². The molecule has 4 N–H and O–H groups in total. The number of carboxylic acids is 1. The normalized spacial score (nSPS) is 20.0. The van der Waals surface area contributed by atoms with Gasteiger partial charge in [0.05, 0.1) is 0 Å². The molecule has 1 aliphatic rings. The number of nitrogens with two attached hydrogens (primary N) is 1. The summed E-state index contributed by atoms with van der Waals surface area (Å²) in [5.41, 5.74) is 0. The Morgan fingerprint density at radius 1 is 1.45 bits per heavy atom. The summed E-state index contributed by atoms with van der Waals surface area (Å²) in [6, 6.07) is -0.955. The molecule has 1 rings (SSSR count). The lowest BCUT2D eigenvalue weighted by Crippen LogP contribution is -2.39. The van der Waals surface area contributed by atoms with Gasteiger partial charge in [0.15, 0.2) is 0 Å². The van der Waals surface area contributed by atoms with Crippen molar-refractivity contribution in [2.45, 2.75) is 43.9 Å². The minimum Gasteiger partial charge on any atom is -0.480 e. The number of likely N-dealkylation sites (tertiary alicyclic amines) is 1. The van der Waals surface area contributed by atoms with E-state index >= 15 is 0 Å². The summed E-state index contributed by atoms with van der Waals surface area (Å²) in [5.74, 6) is -1.80. The SMILES string of the molecule is CC(=O)N[C@@H](CCCCN1CC(S(N)(=O)=O)CC1=O)C(=O)O. The van der Waals surface area contributed by atoms with Crippen molar-refractivity contribution < 1.29 is 27.9 Å². The lowest BCUT2D eigenvalue weighted by molar-refractivity contribution is -0.141. The van der Waals surface area contributed by atoms with Crippen molar-refractivity contribution in [3.05, 3.63) is 0 Å². The molecule has 22 heavy (non-hydrogen) atoms. The van der Waals surface area contributed by atoms with Crippen molar-refractivity contribution in [3.8, 4) is 0 Å². The summed E-state index contributed by atoms with van der Waals surface area (Å²) in [7, 11) is -3.72. The van der Waals surface area contributed by atoms with Crippen LogP contribution in [0.3, 0.4) is 0 Å². The Hall–Kier alpha value is -1.68. The van der Waals surface area contributed by atoms with Gasteiger partial charge in [-0.25, -0.2) is 18.4 Å². The van der Waals surface area contributed by atoms with E-state index in [1.165, 1.54) is 11.8 Å². The number of nitrogens with one attached hydrogen (secondary N) is 1. The molecule has 126 valence electrons. The average molecular weight is 335 g/mol. The number of primary sulfonamides is 1. The Morgan fingerprint density at radius 2 is 2.09 bits per heavy atom. The molecule has 1 saturated heterocycles. The quantitative estimate of drug-likeness (QED) is 0.467. The van der Waals surface area contributed by atoms with Gasteiger partial charge in [-0.1, -0.05) is 0 Å². The molecule has 0 spiro atoms. The molecule has 0 aromatic heterocycles. The first-order valence-corrected chi connectivity index (χ1v) is 8.51. The Morgan fingerprint density at radius 3 is 2.55 bits per heavy atom. The van der Waals surface area contributed by atoms with E-state index in [2.05, 4.69) is 5.32 Å². The van der Waals surface area contributed by atoms with Crippen LogP contribution in [-0.2, 0) is 24.4 Å². The molecule has 10 heteroatoms. The number of hydrogen-bond acceptors (Lipinski definition) is 5. The van der Waals surface area contributed by atoms with Crippen molar-refractivity contribution in [2.24, 2.45) is 5.14 Å². The maximum atomic E-state index is 11.7. The van der Waals surface area contributed by atoms with Crippen LogP contribution in [0, 0.1) is 0 Å². The summed E-state index contributed by atoms with van der Waals surface area (Å²) in [6.45, 7) is 1.66. The molecular formula is C12H21N3O6S. The van der Waals surface area contributed by atoms with Crippen LogP contribution in [0.1, 0.15) is 32.6 Å². The molecule has 0 saturated carbocycles. The zero-order chi connectivity index (χ0) is 16.9. The molecule has 1 fully saturated rings. The Bertz CT molecular complexity index is 547. The molecule has 0 aliphatic carbocycles. The number of hydrogen-bond donors (Lipinski definition) is 3. The van der Waals surface area contributed by atoms with Crippen LogP contribution in [0.5, 0.6) is 0 Å². The van der Waals surface area contributed by atoms with Gasteiger partial charge in [0.25, 0.3) is 0 Å². The molecule has 0 aromatic carbocycles. The van der Waals surface area contributed by atoms with Crippen LogP contribution < -0.4 is 10.5 Å². The number of carboxylic acid groups (broad SMARTS) is 1. The first kappa shape index (κ1) is 18.4. The highest BCUT2D eigenvalue weighted by Gasteiger charge is 2.35. The topological polar surface area (TPSA) is 147 Å². The largest absolute Gasteiger partial charge is 0.480 e. The lowest BCUT2D eigenvalue weighted by Gasteiger charge is -2.17. The summed E-state index contributed by atoms with van der Waals surface area (Å²) in [5, 5.41) is 15.4. The van der Waals surface area contributed by atoms with Crippen molar-refractivity contribution >= 4 is 27.8 Å². The molecular weight excluding hydrogens is 314 g/mol. The van der Waals surface area contributed by atoms with E-state index in [-0.39, 0.29) is 25.3 Å². The van der Waals surface area contributed by atoms with E-state index in [0.717, 1.165) is 0 Å². The van der Waals surface area contributed by atoms with Crippen molar-refractivity contribution in [2.75, 3.05) is 13.1 Å². The number of carbonyl (C=O) groups excluding carboxylic acids is 2. The zero-order valence-electron chi connectivity index (χ0n) is 12.3. The molecule has 2 atom stereocenters. The number of aliphatic carboxylic acids is 1. The lowest BCUT2D eigenvalue weighted by atomic mass is 10.1. The second kappa shape index (κ2) is 7.54. The molecule has 1 unspecified atom stereocenters. The summed E-state index contributed by atoms with van der Waals surface area (Å²) in [6.07, 6.45) is 1.14. The molecule has 9 nitrogen and oxygen atoms in total. The zero-order valence-corrected chi connectivity index (χ0v) is 13.1. The van der Waals surface area contributed by atoms with Crippen molar-refractivity contribution in [1.29, 1.82) is 0 Å². The fourth-order valence-corrected chi connectivity index (χ4v) is 3.09. The highest BCUT2D eigenvalue weighted by atomic mass is 32.2. The van der Waals surface area contributed by atoms with Gasteiger partial charge >= 0.3 is 5.97 Å². The summed E-state index contributed by atoms with van der Waals surface area (Å²) < 4.78 is 22.4. The summed E-state index contributed by atoms with van der Waals surface area (Å²) in [4.78, 5) is 34.9. The molecule has 0 aromatic rings. The Balaban J connectivity index is 2.37. The van der Waals surface area contributed by atoms with E-state index in [1.807, 2.05) is 0 Å². The third-order valence-corrected chi connectivity index (χ3v) is 4.74. The van der Waals surface area contributed by atoms with Crippen LogP contribution in [0.4, 0.5) is 0 Å². The number of sulfonamides is 1. The predicted molar refractivity (Wildman–Crippen MR) is 77.2 cm³/mol. The van der Waals surface area contributed by atoms with Crippen LogP contribution in [0.25, 0.3) is 0 Å². The molecule has 1 heterocycles. The standard InChI is InChI=1S/C12H21N3O6S/c1-8(16)14-10(12(18)19)4-2-3-5-15-7-9(6-11(15)17)22(13,20)21/h9-10H,2-7H2,1H3,(H,14,16)(H,18,19)(H2,13,20,21)/t9?,10-/m0/s1. The molecule has 2 amide bonds. The number of amides is 2. The Kier molecular flexibility index (Phi) is 6.30. The third-order valence-electron chi connectivity index (χ3n) is 3.49. The second-order valence-corrected chi connectivity index (χ2v) is 7.19. The predicted octanol–water partition coefficient (Wildman–Crippen LogP) is -1.36. The number of unbranched alkanes of at least 4 members (excludes halogenated alkanes) is 1. The van der Waals surface area contributed by atoms with E-state index in [0.29, 0.717) is 19.4 Å². The smallest absolute Gasteiger partial charge is 0.326 e. The van der Waals surface area contributed by atoms with E-state index in [9.17, 15) is 22.8 Å². The monoisotopic (exact) mass is 335 g/mol. The second-order valence-electron chi connectivity index (χ2n) is 5.34. The summed E-state index contributed by atoms with van der Waals surface area (Å²) >= 11 is 0. The molecule has 0 bridgehead atoms. The van der Waals surface area contributed by atoms with Crippen LogP contribution in [0.15, 0.2) is 0 Å². The van der Waals surface area contributed by atoms with Crippen LogP contribution in [-0.4, -0.2) is 60.6 Å². The number of carbonyl (C=O) groups is 3. The van der Waals surface area contributed by atoms with Crippen LogP contribution >= 0.6 is 0 Å². The highest BCUT2D eigenvalue weighted by molar-refractivity contribution is 7.89. The number of rotatable bonds is 8. The van der Waals surface area contributed by atoms with Gasteiger partial charge in [-0.15, -0.1) is 0 Å². The van der Waals surface area contributed by atoms with Gasteiger partial charge in [0, 0.05) is 26.4 Å². The van der Waals surface area contributed by atoms with Gasteiger partial charge < -0.3 is 15.3 Å². The highest BCUT2D eigenvalue weighted by Crippen LogP contribution is 2.17. The van der Waals surface area contributed by atoms with Gasteiger partial charge in [0.2, 0.25) is 21.8 Å². The van der Waals surface area contributed by atoms with Gasteiger partial charge in [-0.2, -0.15) is 0 Å².